The van der Waals surface area contributed by atoms with Crippen molar-refractivity contribution < 1.29 is 0 Å². The quantitative estimate of drug-likeness (QED) is 0.803. The molecule has 0 atom stereocenters. The number of hydrogen-bond acceptors (Lipinski definition) is 4. The number of pyridine rings is 1. The van der Waals surface area contributed by atoms with E-state index in [1.165, 1.54) is 11.3 Å². The van der Waals surface area contributed by atoms with Gasteiger partial charge in [0.2, 0.25) is 0 Å². The van der Waals surface area contributed by atoms with Gasteiger partial charge in [0, 0.05) is 6.20 Å². The van der Waals surface area contributed by atoms with E-state index >= 15 is 0 Å². The first-order valence-corrected chi connectivity index (χ1v) is 7.45. The van der Waals surface area contributed by atoms with Gasteiger partial charge in [-0.1, -0.05) is 19.9 Å². The highest BCUT2D eigenvalue weighted by Gasteiger charge is 2.13. The van der Waals surface area contributed by atoms with Gasteiger partial charge in [-0.2, -0.15) is 0 Å². The Hall–Kier alpha value is -2.01. The largest absolute Gasteiger partial charge is 0.304 e. The third kappa shape index (κ3) is 2.36. The summed E-state index contributed by atoms with van der Waals surface area (Å²) in [5.74, 6) is 1.07. The molecule has 20 heavy (non-hydrogen) atoms. The lowest BCUT2D eigenvalue weighted by molar-refractivity contribution is 0.650. The first-order valence-electron chi connectivity index (χ1n) is 6.57. The summed E-state index contributed by atoms with van der Waals surface area (Å²) in [5.41, 5.74) is 2.56. The van der Waals surface area contributed by atoms with Crippen molar-refractivity contribution in [1.82, 2.24) is 15.0 Å². The van der Waals surface area contributed by atoms with Crippen LogP contribution in [0.15, 0.2) is 34.6 Å². The molecule has 0 unspecified atom stereocenters. The Balaban J connectivity index is 2.19. The van der Waals surface area contributed by atoms with Crippen LogP contribution in [0.4, 0.5) is 0 Å². The molecule has 0 saturated carbocycles. The minimum absolute atomic E-state index is 0.0874. The molecule has 3 rings (SSSR count). The van der Waals surface area contributed by atoms with E-state index in [2.05, 4.69) is 28.8 Å². The lowest BCUT2D eigenvalue weighted by atomic mass is 10.1. The van der Waals surface area contributed by atoms with Gasteiger partial charge in [0.1, 0.15) is 10.4 Å². The van der Waals surface area contributed by atoms with Crippen LogP contribution < -0.4 is 5.56 Å². The molecular formula is C15H15N3OS. The predicted octanol–water partition coefficient (Wildman–Crippen LogP) is 3.25. The van der Waals surface area contributed by atoms with Gasteiger partial charge in [0.05, 0.1) is 5.52 Å². The van der Waals surface area contributed by atoms with Crippen molar-refractivity contribution in [2.75, 3.05) is 0 Å². The van der Waals surface area contributed by atoms with Gasteiger partial charge in [-0.15, -0.1) is 11.3 Å². The SMILES string of the molecule is CC(C)Cc1csc2c(=O)[nH]c(-c3ccccn3)nc12. The van der Waals surface area contributed by atoms with Gasteiger partial charge in [0.15, 0.2) is 5.82 Å². The maximum absolute atomic E-state index is 12.2. The molecule has 0 saturated heterocycles. The van der Waals surface area contributed by atoms with Crippen LogP contribution in [-0.4, -0.2) is 15.0 Å². The van der Waals surface area contributed by atoms with Crippen molar-refractivity contribution >= 4 is 21.6 Å². The van der Waals surface area contributed by atoms with E-state index in [1.54, 1.807) is 6.20 Å². The summed E-state index contributed by atoms with van der Waals surface area (Å²) in [5, 5.41) is 2.04. The second-order valence-electron chi connectivity index (χ2n) is 5.17. The number of nitrogens with zero attached hydrogens (tertiary/aromatic N) is 2. The molecule has 0 radical (unpaired) electrons. The maximum Gasteiger partial charge on any atom is 0.269 e. The molecule has 3 aromatic heterocycles. The van der Waals surface area contributed by atoms with Gasteiger partial charge in [-0.05, 0) is 35.4 Å². The summed E-state index contributed by atoms with van der Waals surface area (Å²) < 4.78 is 0.695. The number of nitrogens with one attached hydrogen (secondary N) is 1. The average Bonchev–Trinajstić information content (AvgIpc) is 2.83. The van der Waals surface area contributed by atoms with Crippen molar-refractivity contribution in [2.24, 2.45) is 5.92 Å². The molecule has 0 aliphatic heterocycles. The summed E-state index contributed by atoms with van der Waals surface area (Å²) >= 11 is 1.46. The molecule has 4 nitrogen and oxygen atoms in total. The van der Waals surface area contributed by atoms with E-state index in [-0.39, 0.29) is 5.56 Å². The molecular weight excluding hydrogens is 270 g/mol. The molecule has 3 heterocycles. The minimum Gasteiger partial charge on any atom is -0.304 e. The number of thiophene rings is 1. The lowest BCUT2D eigenvalue weighted by Gasteiger charge is -2.04. The minimum atomic E-state index is -0.0874. The summed E-state index contributed by atoms with van der Waals surface area (Å²) in [6, 6.07) is 5.57. The highest BCUT2D eigenvalue weighted by Crippen LogP contribution is 2.25. The highest BCUT2D eigenvalue weighted by molar-refractivity contribution is 7.17. The number of fused-ring (bicyclic) bond motifs is 1. The summed E-state index contributed by atoms with van der Waals surface area (Å²) in [6.07, 6.45) is 2.63. The molecule has 5 heteroatoms. The highest BCUT2D eigenvalue weighted by atomic mass is 32.1. The van der Waals surface area contributed by atoms with Crippen LogP contribution >= 0.6 is 11.3 Å². The Kier molecular flexibility index (Phi) is 3.36. The normalized spacial score (nSPS) is 11.3. The van der Waals surface area contributed by atoms with E-state index in [0.717, 1.165) is 17.5 Å². The Morgan fingerprint density at radius 1 is 1.35 bits per heavy atom. The predicted molar refractivity (Wildman–Crippen MR) is 82.0 cm³/mol. The van der Waals surface area contributed by atoms with E-state index in [9.17, 15) is 4.79 Å². The van der Waals surface area contributed by atoms with Crippen LogP contribution in [-0.2, 0) is 6.42 Å². The fourth-order valence-corrected chi connectivity index (χ4v) is 3.10. The van der Waals surface area contributed by atoms with Crippen molar-refractivity contribution in [3.8, 4) is 11.5 Å². The fraction of sp³-hybridized carbons (Fsp3) is 0.267. The van der Waals surface area contributed by atoms with Crippen molar-refractivity contribution in [2.45, 2.75) is 20.3 Å². The molecule has 3 aromatic rings. The molecule has 0 aliphatic carbocycles. The Morgan fingerprint density at radius 2 is 2.20 bits per heavy atom. The number of aromatic amines is 1. The summed E-state index contributed by atoms with van der Waals surface area (Å²) in [7, 11) is 0. The molecule has 1 N–H and O–H groups in total. The second kappa shape index (κ2) is 5.17. The van der Waals surface area contributed by atoms with Crippen molar-refractivity contribution in [3.05, 3.63) is 45.7 Å². The van der Waals surface area contributed by atoms with E-state index < -0.39 is 0 Å². The van der Waals surface area contributed by atoms with Gasteiger partial charge in [0.25, 0.3) is 5.56 Å². The van der Waals surface area contributed by atoms with Crippen molar-refractivity contribution in [3.63, 3.8) is 0 Å². The van der Waals surface area contributed by atoms with Gasteiger partial charge < -0.3 is 4.98 Å². The number of hydrogen-bond donors (Lipinski definition) is 1. The Bertz CT molecular complexity index is 790. The number of H-pyrrole nitrogens is 1. The fourth-order valence-electron chi connectivity index (χ4n) is 2.18. The topological polar surface area (TPSA) is 58.6 Å². The lowest BCUT2D eigenvalue weighted by Crippen LogP contribution is -2.09. The zero-order valence-corrected chi connectivity index (χ0v) is 12.2. The third-order valence-corrected chi connectivity index (χ3v) is 4.05. The van der Waals surface area contributed by atoms with Crippen LogP contribution in [0.2, 0.25) is 0 Å². The molecule has 0 bridgehead atoms. The Morgan fingerprint density at radius 3 is 2.90 bits per heavy atom. The van der Waals surface area contributed by atoms with Gasteiger partial charge >= 0.3 is 0 Å². The van der Waals surface area contributed by atoms with Gasteiger partial charge in [-0.25, -0.2) is 4.98 Å². The molecule has 0 aromatic carbocycles. The van der Waals surface area contributed by atoms with Crippen LogP contribution in [0, 0.1) is 5.92 Å². The maximum atomic E-state index is 12.2. The number of aromatic nitrogens is 3. The van der Waals surface area contributed by atoms with Gasteiger partial charge in [-0.3, -0.25) is 9.78 Å². The first-order chi connectivity index (χ1) is 9.65. The zero-order chi connectivity index (χ0) is 14.1. The standard InChI is InChI=1S/C15H15N3OS/c1-9(2)7-10-8-20-13-12(10)17-14(18-15(13)19)11-5-3-4-6-16-11/h3-6,8-9H,7H2,1-2H3,(H,17,18,19). The summed E-state index contributed by atoms with van der Waals surface area (Å²) in [6.45, 7) is 4.33. The molecule has 0 fully saturated rings. The molecule has 0 amide bonds. The first kappa shape index (κ1) is 13.0. The smallest absolute Gasteiger partial charge is 0.269 e. The summed E-state index contributed by atoms with van der Waals surface area (Å²) in [4.78, 5) is 23.8. The van der Waals surface area contributed by atoms with Crippen molar-refractivity contribution in [1.29, 1.82) is 0 Å². The molecule has 0 spiro atoms. The van der Waals surface area contributed by atoms with E-state index in [4.69, 9.17) is 0 Å². The zero-order valence-electron chi connectivity index (χ0n) is 11.4. The van der Waals surface area contributed by atoms with Crippen LogP contribution in [0.25, 0.3) is 21.7 Å². The van der Waals surface area contributed by atoms with Crippen LogP contribution in [0.3, 0.4) is 0 Å². The number of rotatable bonds is 3. The molecule has 102 valence electrons. The van der Waals surface area contributed by atoms with Crippen LogP contribution in [0.5, 0.6) is 0 Å². The monoisotopic (exact) mass is 285 g/mol. The average molecular weight is 285 g/mol. The second-order valence-corrected chi connectivity index (χ2v) is 6.05. The molecule has 0 aliphatic rings. The van der Waals surface area contributed by atoms with Crippen LogP contribution in [0.1, 0.15) is 19.4 Å². The van der Waals surface area contributed by atoms with E-state index in [0.29, 0.717) is 22.1 Å². The Labute approximate surface area is 120 Å². The van der Waals surface area contributed by atoms with E-state index in [1.807, 2.05) is 23.6 Å². The third-order valence-electron chi connectivity index (χ3n) is 3.04.